The molecule has 0 radical (unpaired) electrons. The Morgan fingerprint density at radius 2 is 1.88 bits per heavy atom. The van der Waals surface area contributed by atoms with Crippen molar-refractivity contribution in [1.82, 2.24) is 4.90 Å². The number of hydrogen-bond acceptors (Lipinski definition) is 2. The molecule has 0 aromatic heterocycles. The van der Waals surface area contributed by atoms with Gasteiger partial charge in [-0.25, -0.2) is 0 Å². The average molecular weight is 228 g/mol. The van der Waals surface area contributed by atoms with Crippen molar-refractivity contribution < 1.29 is 8.78 Å². The van der Waals surface area contributed by atoms with Gasteiger partial charge in [0, 0.05) is 18.2 Å². The lowest BCUT2D eigenvalue weighted by molar-refractivity contribution is -0.0388. The van der Waals surface area contributed by atoms with Crippen molar-refractivity contribution >= 4 is 0 Å². The molecule has 0 saturated heterocycles. The molecule has 16 heavy (non-hydrogen) atoms. The van der Waals surface area contributed by atoms with E-state index < -0.39 is 5.92 Å². The smallest absolute Gasteiger partial charge is 0.285 e. The van der Waals surface area contributed by atoms with Crippen LogP contribution in [0.25, 0.3) is 0 Å². The first kappa shape index (κ1) is 13.1. The predicted octanol–water partition coefficient (Wildman–Crippen LogP) is 2.06. The molecule has 90 valence electrons. The van der Waals surface area contributed by atoms with Crippen LogP contribution in [0.4, 0.5) is 8.78 Å². The minimum Gasteiger partial charge on any atom is -0.329 e. The maximum Gasteiger partial charge on any atom is 0.285 e. The Balaban J connectivity index is 2.72. The Morgan fingerprint density at radius 1 is 1.31 bits per heavy atom. The number of benzene rings is 1. The monoisotopic (exact) mass is 228 g/mol. The Bertz CT molecular complexity index is 314. The number of alkyl halides is 2. The van der Waals surface area contributed by atoms with Gasteiger partial charge in [0.2, 0.25) is 0 Å². The van der Waals surface area contributed by atoms with Gasteiger partial charge in [-0.2, -0.15) is 8.78 Å². The zero-order valence-corrected chi connectivity index (χ0v) is 9.66. The van der Waals surface area contributed by atoms with Crippen molar-refractivity contribution in [3.05, 3.63) is 35.9 Å². The Kier molecular flexibility index (Phi) is 4.38. The van der Waals surface area contributed by atoms with Crippen LogP contribution in [0.2, 0.25) is 0 Å². The number of nitrogens with two attached hydrogens (primary N) is 1. The maximum atomic E-state index is 13.8. The van der Waals surface area contributed by atoms with Gasteiger partial charge in [-0.05, 0) is 14.0 Å². The third-order valence-electron chi connectivity index (χ3n) is 2.74. The fourth-order valence-electron chi connectivity index (χ4n) is 1.42. The van der Waals surface area contributed by atoms with Crippen molar-refractivity contribution in [3.63, 3.8) is 0 Å². The third-order valence-corrected chi connectivity index (χ3v) is 2.74. The number of nitrogens with zero attached hydrogens (tertiary/aromatic N) is 1. The lowest BCUT2D eigenvalue weighted by atomic mass is 10.1. The van der Waals surface area contributed by atoms with Gasteiger partial charge < -0.3 is 5.73 Å². The van der Waals surface area contributed by atoms with Gasteiger partial charge in [-0.1, -0.05) is 30.3 Å². The second-order valence-electron chi connectivity index (χ2n) is 4.07. The highest BCUT2D eigenvalue weighted by Gasteiger charge is 2.33. The minimum absolute atomic E-state index is 0.0467. The molecule has 0 saturated carbocycles. The molecule has 2 N–H and O–H groups in total. The fraction of sp³-hybridized carbons (Fsp3) is 0.500. The van der Waals surface area contributed by atoms with Crippen LogP contribution in [0, 0.1) is 0 Å². The van der Waals surface area contributed by atoms with Gasteiger partial charge in [0.15, 0.2) is 0 Å². The van der Waals surface area contributed by atoms with Crippen LogP contribution in [0.1, 0.15) is 12.5 Å². The molecular formula is C12H18F2N2. The molecule has 0 bridgehead atoms. The number of likely N-dealkylation sites (N-methyl/N-ethyl adjacent to an activating group) is 1. The second-order valence-corrected chi connectivity index (χ2v) is 4.07. The van der Waals surface area contributed by atoms with Gasteiger partial charge in [0.05, 0.1) is 6.54 Å². The van der Waals surface area contributed by atoms with Crippen LogP contribution in [-0.2, 0) is 5.92 Å². The van der Waals surface area contributed by atoms with E-state index in [-0.39, 0.29) is 18.2 Å². The van der Waals surface area contributed by atoms with Gasteiger partial charge >= 0.3 is 0 Å². The highest BCUT2D eigenvalue weighted by atomic mass is 19.3. The predicted molar refractivity (Wildman–Crippen MR) is 61.5 cm³/mol. The van der Waals surface area contributed by atoms with Crippen LogP contribution < -0.4 is 5.73 Å². The summed E-state index contributed by atoms with van der Waals surface area (Å²) in [6.07, 6.45) is 0. The molecular weight excluding hydrogens is 210 g/mol. The number of hydrogen-bond donors (Lipinski definition) is 1. The van der Waals surface area contributed by atoms with Crippen molar-refractivity contribution in [2.45, 2.75) is 18.9 Å². The number of rotatable bonds is 5. The van der Waals surface area contributed by atoms with Crippen LogP contribution in [0.15, 0.2) is 30.3 Å². The second kappa shape index (κ2) is 5.37. The van der Waals surface area contributed by atoms with E-state index in [2.05, 4.69) is 0 Å². The molecule has 0 spiro atoms. The van der Waals surface area contributed by atoms with E-state index in [1.54, 1.807) is 30.1 Å². The first-order valence-corrected chi connectivity index (χ1v) is 5.31. The molecule has 0 aliphatic carbocycles. The van der Waals surface area contributed by atoms with Crippen LogP contribution in [-0.4, -0.2) is 31.1 Å². The topological polar surface area (TPSA) is 29.3 Å². The molecule has 1 atom stereocenters. The normalized spacial score (nSPS) is 14.1. The molecule has 1 aromatic rings. The van der Waals surface area contributed by atoms with Crippen molar-refractivity contribution in [3.8, 4) is 0 Å². The van der Waals surface area contributed by atoms with Gasteiger partial charge in [-0.15, -0.1) is 0 Å². The molecule has 0 amide bonds. The lowest BCUT2D eigenvalue weighted by Gasteiger charge is -2.28. The molecule has 1 unspecified atom stereocenters. The summed E-state index contributed by atoms with van der Waals surface area (Å²) in [5.74, 6) is -2.83. The standard InChI is InChI=1S/C12H18F2N2/c1-10(8-15)16(2)9-12(13,14)11-6-4-3-5-7-11/h3-7,10H,8-9,15H2,1-2H3. The summed E-state index contributed by atoms with van der Waals surface area (Å²) in [4.78, 5) is 1.58. The molecule has 1 aromatic carbocycles. The van der Waals surface area contributed by atoms with E-state index in [0.717, 1.165) is 0 Å². The SMILES string of the molecule is CC(CN)N(C)CC(F)(F)c1ccccc1. The number of halogens is 2. The highest BCUT2D eigenvalue weighted by Crippen LogP contribution is 2.28. The maximum absolute atomic E-state index is 13.8. The Labute approximate surface area is 95.1 Å². The van der Waals surface area contributed by atoms with Crippen molar-refractivity contribution in [2.75, 3.05) is 20.1 Å². The summed E-state index contributed by atoms with van der Waals surface area (Å²) in [7, 11) is 1.66. The summed E-state index contributed by atoms with van der Waals surface area (Å²) >= 11 is 0. The summed E-state index contributed by atoms with van der Waals surface area (Å²) in [6.45, 7) is 1.90. The van der Waals surface area contributed by atoms with Crippen LogP contribution in [0.3, 0.4) is 0 Å². The van der Waals surface area contributed by atoms with Gasteiger partial charge in [-0.3, -0.25) is 4.90 Å². The largest absolute Gasteiger partial charge is 0.329 e. The van der Waals surface area contributed by atoms with E-state index >= 15 is 0 Å². The molecule has 4 heteroatoms. The average Bonchev–Trinajstić information content (AvgIpc) is 2.28. The molecule has 1 rings (SSSR count). The minimum atomic E-state index is -2.83. The van der Waals surface area contributed by atoms with Crippen LogP contribution in [0.5, 0.6) is 0 Å². The summed E-state index contributed by atoms with van der Waals surface area (Å²) < 4.78 is 27.6. The van der Waals surface area contributed by atoms with Crippen molar-refractivity contribution in [1.29, 1.82) is 0 Å². The zero-order valence-electron chi connectivity index (χ0n) is 9.66. The van der Waals surface area contributed by atoms with Crippen LogP contribution >= 0.6 is 0 Å². The zero-order chi connectivity index (χ0) is 12.2. The van der Waals surface area contributed by atoms with E-state index in [0.29, 0.717) is 6.54 Å². The van der Waals surface area contributed by atoms with Gasteiger partial charge in [0.1, 0.15) is 0 Å². The molecule has 0 heterocycles. The molecule has 2 nitrogen and oxygen atoms in total. The van der Waals surface area contributed by atoms with Gasteiger partial charge in [0.25, 0.3) is 5.92 Å². The summed E-state index contributed by atoms with van der Waals surface area (Å²) in [5.41, 5.74) is 5.49. The fourth-order valence-corrected chi connectivity index (χ4v) is 1.42. The Hall–Kier alpha value is -1.00. The van der Waals surface area contributed by atoms with E-state index in [4.69, 9.17) is 5.73 Å². The van der Waals surface area contributed by atoms with Crippen molar-refractivity contribution in [2.24, 2.45) is 5.73 Å². The Morgan fingerprint density at radius 3 is 2.38 bits per heavy atom. The van der Waals surface area contributed by atoms with E-state index in [9.17, 15) is 8.78 Å². The molecule has 0 aliphatic heterocycles. The highest BCUT2D eigenvalue weighted by molar-refractivity contribution is 5.20. The summed E-state index contributed by atoms with van der Waals surface area (Å²) in [6, 6.07) is 7.81. The summed E-state index contributed by atoms with van der Waals surface area (Å²) in [5, 5.41) is 0. The first-order chi connectivity index (χ1) is 7.47. The quantitative estimate of drug-likeness (QED) is 0.835. The molecule has 0 aliphatic rings. The van der Waals surface area contributed by atoms with E-state index in [1.807, 2.05) is 6.92 Å². The van der Waals surface area contributed by atoms with E-state index in [1.165, 1.54) is 12.1 Å². The third kappa shape index (κ3) is 3.25. The lowest BCUT2D eigenvalue weighted by Crippen LogP contribution is -2.41. The molecule has 0 fully saturated rings. The first-order valence-electron chi connectivity index (χ1n) is 5.31.